The number of phenols is 1. The molecule has 3 rings (SSSR count). The number of benzene rings is 2. The molecule has 0 spiro atoms. The monoisotopic (exact) mass is 320 g/mol. The average Bonchev–Trinajstić information content (AvgIpc) is 2.45. The minimum atomic E-state index is -4.97. The summed E-state index contributed by atoms with van der Waals surface area (Å²) in [5, 5.41) is 9.72. The third kappa shape index (κ3) is 2.14. The summed E-state index contributed by atoms with van der Waals surface area (Å²) >= 11 is 0. The fourth-order valence-electron chi connectivity index (χ4n) is 2.33. The SMILES string of the molecule is O=C1c2ccccc2C(=O)c2c1ccc(O)c2OS(=O)(=O)O. The van der Waals surface area contributed by atoms with Crippen LogP contribution in [0.15, 0.2) is 36.4 Å². The Morgan fingerprint density at radius 1 is 0.864 bits per heavy atom. The van der Waals surface area contributed by atoms with Gasteiger partial charge in [-0.25, -0.2) is 0 Å². The standard InChI is InChI=1S/C14H8O7S/c15-10-6-5-9-11(14(10)21-22(18,19)20)13(17)8-4-2-1-3-7(8)12(9)16/h1-6,15H,(H,18,19,20). The normalized spacial score (nSPS) is 13.5. The van der Waals surface area contributed by atoms with Crippen LogP contribution >= 0.6 is 0 Å². The fourth-order valence-corrected chi connectivity index (χ4v) is 2.71. The van der Waals surface area contributed by atoms with Gasteiger partial charge in [0.25, 0.3) is 0 Å². The number of rotatable bonds is 2. The van der Waals surface area contributed by atoms with Gasteiger partial charge in [-0.1, -0.05) is 24.3 Å². The number of phenolic OH excluding ortho intramolecular Hbond substituents is 1. The number of ketones is 2. The summed E-state index contributed by atoms with van der Waals surface area (Å²) in [6, 6.07) is 8.21. The maximum absolute atomic E-state index is 12.5. The minimum absolute atomic E-state index is 0.0609. The van der Waals surface area contributed by atoms with Crippen LogP contribution < -0.4 is 4.18 Å². The van der Waals surface area contributed by atoms with Crippen LogP contribution in [0, 0.1) is 0 Å². The molecule has 0 fully saturated rings. The highest BCUT2D eigenvalue weighted by Gasteiger charge is 2.34. The van der Waals surface area contributed by atoms with E-state index in [4.69, 9.17) is 4.55 Å². The van der Waals surface area contributed by atoms with E-state index >= 15 is 0 Å². The largest absolute Gasteiger partial charge is 0.504 e. The Kier molecular flexibility index (Phi) is 3.01. The molecule has 0 saturated heterocycles. The van der Waals surface area contributed by atoms with Crippen LogP contribution in [0.1, 0.15) is 31.8 Å². The summed E-state index contributed by atoms with van der Waals surface area (Å²) in [6.07, 6.45) is 0. The zero-order valence-electron chi connectivity index (χ0n) is 10.8. The van der Waals surface area contributed by atoms with E-state index in [1.54, 1.807) is 12.1 Å². The lowest BCUT2D eigenvalue weighted by molar-refractivity contribution is 0.0977. The van der Waals surface area contributed by atoms with Crippen molar-refractivity contribution in [1.29, 1.82) is 0 Å². The van der Waals surface area contributed by atoms with Crippen molar-refractivity contribution in [3.63, 3.8) is 0 Å². The van der Waals surface area contributed by atoms with Gasteiger partial charge in [0, 0.05) is 16.7 Å². The zero-order valence-corrected chi connectivity index (χ0v) is 11.6. The van der Waals surface area contributed by atoms with Crippen LogP contribution in [0.5, 0.6) is 11.5 Å². The van der Waals surface area contributed by atoms with Crippen molar-refractivity contribution in [3.8, 4) is 11.5 Å². The highest BCUT2D eigenvalue weighted by molar-refractivity contribution is 7.81. The van der Waals surface area contributed by atoms with Gasteiger partial charge in [0.05, 0.1) is 5.56 Å². The molecule has 2 aromatic carbocycles. The van der Waals surface area contributed by atoms with E-state index in [9.17, 15) is 23.1 Å². The molecule has 2 N–H and O–H groups in total. The molecule has 2 aromatic rings. The van der Waals surface area contributed by atoms with E-state index < -0.39 is 39.0 Å². The van der Waals surface area contributed by atoms with Crippen molar-refractivity contribution >= 4 is 22.0 Å². The lowest BCUT2D eigenvalue weighted by atomic mass is 9.83. The summed E-state index contributed by atoms with van der Waals surface area (Å²) in [5.74, 6) is -2.64. The number of carbonyl (C=O) groups excluding carboxylic acids is 2. The van der Waals surface area contributed by atoms with Crippen LogP contribution in [0.4, 0.5) is 0 Å². The van der Waals surface area contributed by atoms with Gasteiger partial charge >= 0.3 is 10.4 Å². The molecule has 0 atom stereocenters. The Morgan fingerprint density at radius 2 is 1.45 bits per heavy atom. The van der Waals surface area contributed by atoms with E-state index in [1.807, 2.05) is 0 Å². The maximum atomic E-state index is 12.5. The summed E-state index contributed by atoms with van der Waals surface area (Å²) in [7, 11) is -4.97. The Labute approximate surface area is 124 Å². The van der Waals surface area contributed by atoms with E-state index in [0.717, 1.165) is 6.07 Å². The lowest BCUT2D eigenvalue weighted by Crippen LogP contribution is -2.22. The van der Waals surface area contributed by atoms with E-state index in [-0.39, 0.29) is 16.7 Å². The van der Waals surface area contributed by atoms with Gasteiger partial charge in [0.2, 0.25) is 0 Å². The van der Waals surface area contributed by atoms with Crippen molar-refractivity contribution in [2.45, 2.75) is 0 Å². The Hall–Kier alpha value is -2.71. The highest BCUT2D eigenvalue weighted by Crippen LogP contribution is 2.39. The molecule has 0 unspecified atom stereocenters. The summed E-state index contributed by atoms with van der Waals surface area (Å²) in [6.45, 7) is 0. The quantitative estimate of drug-likeness (QED) is 0.684. The van der Waals surface area contributed by atoms with Crippen molar-refractivity contribution in [2.24, 2.45) is 0 Å². The predicted molar refractivity (Wildman–Crippen MR) is 73.6 cm³/mol. The van der Waals surface area contributed by atoms with Crippen molar-refractivity contribution < 1.29 is 31.8 Å². The summed E-state index contributed by atoms with van der Waals surface area (Å²) in [4.78, 5) is 24.9. The van der Waals surface area contributed by atoms with Crippen molar-refractivity contribution in [3.05, 3.63) is 58.7 Å². The van der Waals surface area contributed by atoms with Gasteiger partial charge in [0.15, 0.2) is 23.1 Å². The third-order valence-electron chi connectivity index (χ3n) is 3.21. The first-order valence-electron chi connectivity index (χ1n) is 6.01. The van der Waals surface area contributed by atoms with Crippen LogP contribution in [0.3, 0.4) is 0 Å². The molecule has 0 aromatic heterocycles. The third-order valence-corrected chi connectivity index (χ3v) is 3.59. The van der Waals surface area contributed by atoms with Gasteiger partial charge in [-0.15, -0.1) is 0 Å². The molecule has 1 aliphatic rings. The molecule has 1 aliphatic carbocycles. The molecule has 22 heavy (non-hydrogen) atoms. The first-order chi connectivity index (χ1) is 10.3. The Bertz CT molecular complexity index is 928. The lowest BCUT2D eigenvalue weighted by Gasteiger charge is -2.19. The molecule has 0 heterocycles. The van der Waals surface area contributed by atoms with Crippen molar-refractivity contribution in [2.75, 3.05) is 0 Å². The van der Waals surface area contributed by atoms with E-state index in [1.165, 1.54) is 18.2 Å². The number of hydrogen-bond acceptors (Lipinski definition) is 6. The second-order valence-corrected chi connectivity index (χ2v) is 5.57. The second kappa shape index (κ2) is 4.65. The number of hydrogen-bond donors (Lipinski definition) is 2. The van der Waals surface area contributed by atoms with Gasteiger partial charge in [-0.05, 0) is 12.1 Å². The van der Waals surface area contributed by atoms with Crippen molar-refractivity contribution in [1.82, 2.24) is 0 Å². The van der Waals surface area contributed by atoms with Crippen LogP contribution in [0.2, 0.25) is 0 Å². The molecule has 0 amide bonds. The number of carbonyl (C=O) groups is 2. The van der Waals surface area contributed by atoms with E-state index in [0.29, 0.717) is 0 Å². The van der Waals surface area contributed by atoms with Gasteiger partial charge in [0.1, 0.15) is 0 Å². The number of aromatic hydroxyl groups is 1. The molecule has 0 aliphatic heterocycles. The van der Waals surface area contributed by atoms with E-state index in [2.05, 4.69) is 4.18 Å². The Morgan fingerprint density at radius 3 is 2.05 bits per heavy atom. The molecular formula is C14H8O7S. The molecule has 0 saturated carbocycles. The summed E-state index contributed by atoms with van der Waals surface area (Å²) < 4.78 is 34.9. The minimum Gasteiger partial charge on any atom is -0.504 e. The topological polar surface area (TPSA) is 118 Å². The predicted octanol–water partition coefficient (Wildman–Crippen LogP) is 1.35. The number of fused-ring (bicyclic) bond motifs is 2. The first kappa shape index (κ1) is 14.2. The fraction of sp³-hybridized carbons (Fsp3) is 0. The maximum Gasteiger partial charge on any atom is 0.446 e. The van der Waals surface area contributed by atoms with Gasteiger partial charge < -0.3 is 9.29 Å². The smallest absolute Gasteiger partial charge is 0.446 e. The van der Waals surface area contributed by atoms with Gasteiger partial charge in [-0.3, -0.25) is 14.1 Å². The van der Waals surface area contributed by atoms with Crippen LogP contribution in [-0.4, -0.2) is 29.6 Å². The highest BCUT2D eigenvalue weighted by atomic mass is 32.3. The molecular weight excluding hydrogens is 312 g/mol. The van der Waals surface area contributed by atoms with Gasteiger partial charge in [-0.2, -0.15) is 8.42 Å². The first-order valence-corrected chi connectivity index (χ1v) is 7.37. The summed E-state index contributed by atoms with van der Waals surface area (Å²) in [5.41, 5.74) is -0.282. The average molecular weight is 320 g/mol. The molecule has 8 heteroatoms. The molecule has 0 radical (unpaired) electrons. The molecule has 0 bridgehead atoms. The van der Waals surface area contributed by atoms with Crippen LogP contribution in [0.25, 0.3) is 0 Å². The Balaban J connectivity index is 2.31. The molecule has 7 nitrogen and oxygen atoms in total. The van der Waals surface area contributed by atoms with Crippen LogP contribution in [-0.2, 0) is 10.4 Å². The second-order valence-electron chi connectivity index (χ2n) is 4.55. The molecule has 112 valence electrons. The zero-order chi connectivity index (χ0) is 16.1.